The lowest BCUT2D eigenvalue weighted by Crippen LogP contribution is -2.02. The summed E-state index contributed by atoms with van der Waals surface area (Å²) in [5.41, 5.74) is 5.47. The molecule has 0 aromatic heterocycles. The zero-order valence-electron chi connectivity index (χ0n) is 7.61. The number of hydrogen-bond donors (Lipinski definition) is 1. The van der Waals surface area contributed by atoms with Crippen LogP contribution in [0.15, 0.2) is 0 Å². The van der Waals surface area contributed by atoms with E-state index in [0.29, 0.717) is 0 Å². The third kappa shape index (κ3) is 9.87. The van der Waals surface area contributed by atoms with Crippen LogP contribution in [-0.2, 0) is 0 Å². The number of hydrogen-bond acceptors (Lipinski definition) is 2. The monoisotopic (exact) mass is 171 g/mol. The Morgan fingerprint density at radius 3 is 2.45 bits per heavy atom. The number of thioether (sulfide) groups is 1. The minimum absolute atomic E-state index is 0.142. The molecule has 1 nitrogen and oxygen atoms in total. The molecule has 0 amide bonds. The molecule has 0 atom stereocenters. The summed E-state index contributed by atoms with van der Waals surface area (Å²) >= 11 is 1.80. The predicted molar refractivity (Wildman–Crippen MR) is 53.6 cm³/mol. The van der Waals surface area contributed by atoms with E-state index >= 15 is 0 Å². The third-order valence-corrected chi connectivity index (χ3v) is 1.77. The van der Waals surface area contributed by atoms with Gasteiger partial charge in [-0.1, -0.05) is 11.8 Å². The van der Waals surface area contributed by atoms with Crippen LogP contribution in [0.25, 0.3) is 0 Å². The Bertz CT molecular complexity index is 147. The quantitative estimate of drug-likeness (QED) is 0.517. The van der Waals surface area contributed by atoms with Gasteiger partial charge in [-0.15, -0.1) is 11.8 Å². The molecule has 0 unspecified atom stereocenters. The molecule has 0 aliphatic carbocycles. The van der Waals surface area contributed by atoms with Crippen molar-refractivity contribution in [3.8, 4) is 11.8 Å². The van der Waals surface area contributed by atoms with E-state index < -0.39 is 0 Å². The lowest BCUT2D eigenvalue weighted by atomic mass is 9.98. The number of nitrogens with two attached hydrogens (primary N) is 1. The van der Waals surface area contributed by atoms with Crippen molar-refractivity contribution in [1.29, 1.82) is 0 Å². The summed E-state index contributed by atoms with van der Waals surface area (Å²) in [5.74, 6) is 8.21. The van der Waals surface area contributed by atoms with Crippen LogP contribution in [0.2, 0.25) is 0 Å². The standard InChI is InChI=1S/C9H17NS/c1-9(2,3)5-4-7-11-8-6-10/h6-8,10H2,1-3H3. The SMILES string of the molecule is CC(C)(C)C#CCSCCN. The highest BCUT2D eigenvalue weighted by Crippen LogP contribution is 2.10. The van der Waals surface area contributed by atoms with Gasteiger partial charge >= 0.3 is 0 Å². The van der Waals surface area contributed by atoms with Crippen molar-refractivity contribution in [2.45, 2.75) is 20.8 Å². The van der Waals surface area contributed by atoms with Crippen molar-refractivity contribution >= 4 is 11.8 Å². The molecule has 0 aromatic rings. The van der Waals surface area contributed by atoms with Gasteiger partial charge in [0.25, 0.3) is 0 Å². The summed E-state index contributed by atoms with van der Waals surface area (Å²) in [5, 5.41) is 0. The van der Waals surface area contributed by atoms with Gasteiger partial charge in [0.1, 0.15) is 0 Å². The second kappa shape index (κ2) is 5.51. The molecule has 11 heavy (non-hydrogen) atoms. The van der Waals surface area contributed by atoms with Gasteiger partial charge in [-0.25, -0.2) is 0 Å². The van der Waals surface area contributed by atoms with Gasteiger partial charge in [-0.3, -0.25) is 0 Å². The molecule has 0 heterocycles. The van der Waals surface area contributed by atoms with Gasteiger partial charge in [-0.05, 0) is 20.8 Å². The van der Waals surface area contributed by atoms with Crippen molar-refractivity contribution in [2.24, 2.45) is 11.1 Å². The molecule has 2 N–H and O–H groups in total. The van der Waals surface area contributed by atoms with E-state index in [1.54, 1.807) is 11.8 Å². The predicted octanol–water partition coefficient (Wildman–Crippen LogP) is 1.73. The van der Waals surface area contributed by atoms with Gasteiger partial charge in [-0.2, -0.15) is 0 Å². The molecular weight excluding hydrogens is 154 g/mol. The Kier molecular flexibility index (Phi) is 5.45. The third-order valence-electron chi connectivity index (χ3n) is 0.900. The Hall–Kier alpha value is -0.130. The Morgan fingerprint density at radius 2 is 2.00 bits per heavy atom. The minimum atomic E-state index is 0.142. The van der Waals surface area contributed by atoms with Gasteiger partial charge in [0, 0.05) is 17.7 Å². The van der Waals surface area contributed by atoms with Crippen LogP contribution in [0.1, 0.15) is 20.8 Å². The summed E-state index contributed by atoms with van der Waals surface area (Å²) in [6.45, 7) is 7.11. The normalized spacial score (nSPS) is 10.5. The van der Waals surface area contributed by atoms with Crippen molar-refractivity contribution in [2.75, 3.05) is 18.1 Å². The van der Waals surface area contributed by atoms with E-state index in [1.165, 1.54) is 0 Å². The van der Waals surface area contributed by atoms with Gasteiger partial charge in [0.15, 0.2) is 0 Å². The van der Waals surface area contributed by atoms with E-state index in [2.05, 4.69) is 32.6 Å². The van der Waals surface area contributed by atoms with Crippen LogP contribution in [0.4, 0.5) is 0 Å². The highest BCUT2D eigenvalue weighted by Gasteiger charge is 2.02. The Morgan fingerprint density at radius 1 is 1.36 bits per heavy atom. The van der Waals surface area contributed by atoms with E-state index in [9.17, 15) is 0 Å². The molecule has 0 fully saturated rings. The van der Waals surface area contributed by atoms with E-state index in [-0.39, 0.29) is 5.41 Å². The summed E-state index contributed by atoms with van der Waals surface area (Å²) in [4.78, 5) is 0. The first-order valence-electron chi connectivity index (χ1n) is 3.84. The molecule has 0 saturated heterocycles. The zero-order chi connectivity index (χ0) is 8.74. The molecule has 0 aliphatic rings. The smallest absolute Gasteiger partial charge is 0.0548 e. The zero-order valence-corrected chi connectivity index (χ0v) is 8.42. The molecule has 0 spiro atoms. The van der Waals surface area contributed by atoms with Crippen molar-refractivity contribution in [3.63, 3.8) is 0 Å². The Labute approximate surface area is 74.1 Å². The van der Waals surface area contributed by atoms with Crippen LogP contribution in [-0.4, -0.2) is 18.1 Å². The van der Waals surface area contributed by atoms with Gasteiger partial charge in [0.2, 0.25) is 0 Å². The molecule has 64 valence electrons. The number of rotatable bonds is 3. The topological polar surface area (TPSA) is 26.0 Å². The molecule has 0 radical (unpaired) electrons. The van der Waals surface area contributed by atoms with Gasteiger partial charge in [0.05, 0.1) is 5.75 Å². The second-order valence-corrected chi connectivity index (χ2v) is 4.50. The highest BCUT2D eigenvalue weighted by molar-refractivity contribution is 7.99. The van der Waals surface area contributed by atoms with Crippen LogP contribution in [0.3, 0.4) is 0 Å². The minimum Gasteiger partial charge on any atom is -0.330 e. The maximum Gasteiger partial charge on any atom is 0.0548 e. The van der Waals surface area contributed by atoms with Crippen LogP contribution in [0, 0.1) is 17.3 Å². The van der Waals surface area contributed by atoms with Crippen LogP contribution >= 0.6 is 11.8 Å². The van der Waals surface area contributed by atoms with Crippen molar-refractivity contribution in [3.05, 3.63) is 0 Å². The second-order valence-electron chi connectivity index (χ2n) is 3.39. The fourth-order valence-corrected chi connectivity index (χ4v) is 0.993. The first-order valence-corrected chi connectivity index (χ1v) is 4.99. The summed E-state index contributed by atoms with van der Waals surface area (Å²) in [6, 6.07) is 0. The lowest BCUT2D eigenvalue weighted by molar-refractivity contribution is 0.571. The van der Waals surface area contributed by atoms with Crippen LogP contribution < -0.4 is 5.73 Å². The largest absolute Gasteiger partial charge is 0.330 e. The molecule has 0 saturated carbocycles. The maximum atomic E-state index is 5.33. The molecule has 2 heteroatoms. The summed E-state index contributed by atoms with van der Waals surface area (Å²) in [6.07, 6.45) is 0. The summed E-state index contributed by atoms with van der Waals surface area (Å²) < 4.78 is 0. The molecule has 0 rings (SSSR count). The van der Waals surface area contributed by atoms with E-state index in [1.807, 2.05) is 0 Å². The van der Waals surface area contributed by atoms with E-state index in [4.69, 9.17) is 5.73 Å². The van der Waals surface area contributed by atoms with Crippen molar-refractivity contribution in [1.82, 2.24) is 0 Å². The average Bonchev–Trinajstić information content (AvgIpc) is 1.85. The molecular formula is C9H17NS. The highest BCUT2D eigenvalue weighted by atomic mass is 32.2. The van der Waals surface area contributed by atoms with Crippen molar-refractivity contribution < 1.29 is 0 Å². The maximum absolute atomic E-state index is 5.33. The fourth-order valence-electron chi connectivity index (χ4n) is 0.508. The molecule has 0 bridgehead atoms. The van der Waals surface area contributed by atoms with Gasteiger partial charge < -0.3 is 5.73 Å². The Balaban J connectivity index is 3.41. The van der Waals surface area contributed by atoms with Crippen LogP contribution in [0.5, 0.6) is 0 Å². The molecule has 0 aromatic carbocycles. The van der Waals surface area contributed by atoms with E-state index in [0.717, 1.165) is 18.1 Å². The summed E-state index contributed by atoms with van der Waals surface area (Å²) in [7, 11) is 0. The fraction of sp³-hybridized carbons (Fsp3) is 0.778. The first kappa shape index (κ1) is 10.9. The molecule has 0 aliphatic heterocycles. The first-order chi connectivity index (χ1) is 5.06. The lowest BCUT2D eigenvalue weighted by Gasteiger charge is -2.06. The average molecular weight is 171 g/mol.